The molecule has 0 aromatic carbocycles. The number of nitrogens with zero attached hydrogens (tertiary/aromatic N) is 1. The minimum Gasteiger partial charge on any atom is -0.466 e. The first-order valence-electron chi connectivity index (χ1n) is 22.2. The lowest BCUT2D eigenvalue weighted by molar-refractivity contribution is -0.146. The highest BCUT2D eigenvalue weighted by Crippen LogP contribution is 2.11. The van der Waals surface area contributed by atoms with Crippen LogP contribution in [-0.4, -0.2) is 62.6 Å². The monoisotopic (exact) mass is 757 g/mol. The summed E-state index contributed by atoms with van der Waals surface area (Å²) in [4.78, 5) is 39.9. The van der Waals surface area contributed by atoms with Gasteiger partial charge in [-0.25, -0.2) is 0 Å². The lowest BCUT2D eigenvalue weighted by Crippen LogP contribution is -2.39. The second-order valence-electron chi connectivity index (χ2n) is 15.2. The Balaban J connectivity index is 4.17. The number of carbonyl (C=O) groups is 3. The number of ether oxygens (including phenoxy) is 2. The van der Waals surface area contributed by atoms with Crippen LogP contribution in [0.15, 0.2) is 48.6 Å². The summed E-state index contributed by atoms with van der Waals surface area (Å²) in [5.41, 5.74) is 0. The van der Waals surface area contributed by atoms with Gasteiger partial charge in [0, 0.05) is 12.5 Å². The van der Waals surface area contributed by atoms with Gasteiger partial charge in [-0.05, 0) is 104 Å². The lowest BCUT2D eigenvalue weighted by Gasteiger charge is -2.18. The van der Waals surface area contributed by atoms with Crippen LogP contribution in [0.2, 0.25) is 0 Å². The maximum atomic E-state index is 12.7. The Morgan fingerprint density at radius 2 is 0.870 bits per heavy atom. The molecule has 0 rings (SSSR count). The Bertz CT molecular complexity index is 923. The van der Waals surface area contributed by atoms with E-state index in [-0.39, 0.29) is 30.7 Å². The van der Waals surface area contributed by atoms with Gasteiger partial charge in [0.1, 0.15) is 0 Å². The van der Waals surface area contributed by atoms with Crippen molar-refractivity contribution in [2.75, 3.05) is 33.9 Å². The van der Waals surface area contributed by atoms with Crippen LogP contribution in [0.25, 0.3) is 0 Å². The fourth-order valence-electron chi connectivity index (χ4n) is 6.10. The Labute approximate surface area is 333 Å². The first-order chi connectivity index (χ1) is 26.4. The summed E-state index contributed by atoms with van der Waals surface area (Å²) in [7, 11) is 3.94. The van der Waals surface area contributed by atoms with E-state index < -0.39 is 6.04 Å². The molecule has 0 aromatic heterocycles. The first-order valence-corrected chi connectivity index (χ1v) is 22.2. The zero-order chi connectivity index (χ0) is 39.6. The fourth-order valence-corrected chi connectivity index (χ4v) is 6.10. The molecule has 0 fully saturated rings. The highest BCUT2D eigenvalue weighted by molar-refractivity contribution is 5.79. The molecule has 0 unspecified atom stereocenters. The smallest absolute Gasteiger partial charge is 0.307 e. The van der Waals surface area contributed by atoms with Crippen molar-refractivity contribution in [1.29, 1.82) is 0 Å². The third-order valence-corrected chi connectivity index (χ3v) is 9.42. The molecule has 54 heavy (non-hydrogen) atoms. The van der Waals surface area contributed by atoms with Gasteiger partial charge in [-0.2, -0.15) is 0 Å². The molecule has 0 aromatic rings. The summed E-state index contributed by atoms with van der Waals surface area (Å²) >= 11 is 0. The molecule has 0 aliphatic heterocycles. The summed E-state index contributed by atoms with van der Waals surface area (Å²) in [6, 6.07) is -0.622. The molecule has 0 aliphatic carbocycles. The van der Waals surface area contributed by atoms with Crippen LogP contribution >= 0.6 is 0 Å². The van der Waals surface area contributed by atoms with Gasteiger partial charge in [0.2, 0.25) is 5.91 Å². The number of carbonyl (C=O) groups excluding carboxylic acids is 3. The summed E-state index contributed by atoms with van der Waals surface area (Å²) < 4.78 is 11.0. The van der Waals surface area contributed by atoms with Crippen LogP contribution in [0.1, 0.15) is 194 Å². The first kappa shape index (κ1) is 51.3. The topological polar surface area (TPSA) is 84.9 Å². The molecule has 0 saturated carbocycles. The highest BCUT2D eigenvalue weighted by atomic mass is 16.5. The summed E-state index contributed by atoms with van der Waals surface area (Å²) in [6.07, 6.45) is 47.1. The Hall–Kier alpha value is -2.67. The molecule has 1 amide bonds. The third-order valence-electron chi connectivity index (χ3n) is 9.42. The van der Waals surface area contributed by atoms with E-state index in [1.54, 1.807) is 0 Å². The van der Waals surface area contributed by atoms with E-state index in [1.807, 2.05) is 19.0 Å². The predicted octanol–water partition coefficient (Wildman–Crippen LogP) is 12.3. The molecule has 0 bridgehead atoms. The molecule has 312 valence electrons. The molecule has 0 aliphatic rings. The van der Waals surface area contributed by atoms with Crippen LogP contribution in [-0.2, 0) is 23.9 Å². The number of unbranched alkanes of at least 4 members (excludes halogenated alkanes) is 18. The minimum absolute atomic E-state index is 0.0262. The van der Waals surface area contributed by atoms with E-state index in [0.29, 0.717) is 26.1 Å². The van der Waals surface area contributed by atoms with Crippen molar-refractivity contribution in [3.8, 4) is 0 Å². The largest absolute Gasteiger partial charge is 0.466 e. The van der Waals surface area contributed by atoms with E-state index in [0.717, 1.165) is 70.8 Å². The van der Waals surface area contributed by atoms with Crippen LogP contribution in [0, 0.1) is 0 Å². The van der Waals surface area contributed by atoms with E-state index in [4.69, 9.17) is 9.47 Å². The van der Waals surface area contributed by atoms with Crippen molar-refractivity contribution >= 4 is 17.8 Å². The van der Waals surface area contributed by atoms with Crippen LogP contribution in [0.4, 0.5) is 0 Å². The Morgan fingerprint density at radius 1 is 0.500 bits per heavy atom. The van der Waals surface area contributed by atoms with Crippen molar-refractivity contribution in [3.05, 3.63) is 48.6 Å². The molecule has 0 heterocycles. The molecule has 7 heteroatoms. The van der Waals surface area contributed by atoms with E-state index in [9.17, 15) is 14.4 Å². The average molecular weight is 757 g/mol. The van der Waals surface area contributed by atoms with Crippen molar-refractivity contribution in [2.24, 2.45) is 0 Å². The minimum atomic E-state index is -0.622. The maximum absolute atomic E-state index is 12.7. The van der Waals surface area contributed by atoms with Crippen molar-refractivity contribution in [1.82, 2.24) is 10.2 Å². The molecule has 1 N–H and O–H groups in total. The van der Waals surface area contributed by atoms with Gasteiger partial charge in [0.15, 0.2) is 0 Å². The van der Waals surface area contributed by atoms with Gasteiger partial charge in [0.25, 0.3) is 0 Å². The van der Waals surface area contributed by atoms with Gasteiger partial charge in [-0.1, -0.05) is 140 Å². The SMILES string of the molecule is CCCCC/C=C\C/C=C\CCCCCCCCOC(=O)CC(CC(=O)OCCCCCCCC/C=C\C/C=C\CCCCC)NC(=O)CCCN(C)C. The molecular formula is C47H84N2O5. The second kappa shape index (κ2) is 41.5. The number of nitrogens with one attached hydrogen (secondary N) is 1. The number of esters is 2. The van der Waals surface area contributed by atoms with Crippen molar-refractivity contribution in [2.45, 2.75) is 200 Å². The summed E-state index contributed by atoms with van der Waals surface area (Å²) in [5.74, 6) is -0.916. The van der Waals surface area contributed by atoms with Gasteiger partial charge in [-0.15, -0.1) is 0 Å². The van der Waals surface area contributed by atoms with Crippen molar-refractivity contribution in [3.63, 3.8) is 0 Å². The van der Waals surface area contributed by atoms with Gasteiger partial charge >= 0.3 is 11.9 Å². The molecule has 0 saturated heterocycles. The zero-order valence-electron chi connectivity index (χ0n) is 35.6. The number of hydrogen-bond acceptors (Lipinski definition) is 6. The van der Waals surface area contributed by atoms with Crippen molar-refractivity contribution < 1.29 is 23.9 Å². The molecule has 0 atom stereocenters. The molecule has 7 nitrogen and oxygen atoms in total. The fraction of sp³-hybridized carbons (Fsp3) is 0.766. The number of amides is 1. The van der Waals surface area contributed by atoms with Crippen LogP contribution in [0.3, 0.4) is 0 Å². The van der Waals surface area contributed by atoms with E-state index >= 15 is 0 Å². The Kier molecular flexibility index (Phi) is 39.4. The number of allylic oxidation sites excluding steroid dienone is 8. The van der Waals surface area contributed by atoms with Gasteiger partial charge in [-0.3, -0.25) is 14.4 Å². The van der Waals surface area contributed by atoms with Gasteiger partial charge in [0.05, 0.1) is 26.1 Å². The van der Waals surface area contributed by atoms with Crippen LogP contribution in [0.5, 0.6) is 0 Å². The summed E-state index contributed by atoms with van der Waals surface area (Å²) in [5, 5.41) is 2.89. The predicted molar refractivity (Wildman–Crippen MR) is 230 cm³/mol. The van der Waals surface area contributed by atoms with Crippen LogP contribution < -0.4 is 5.32 Å². The Morgan fingerprint density at radius 3 is 1.26 bits per heavy atom. The number of rotatable bonds is 39. The average Bonchev–Trinajstić information content (AvgIpc) is 3.14. The molecule has 0 spiro atoms. The quantitative estimate of drug-likeness (QED) is 0.0382. The zero-order valence-corrected chi connectivity index (χ0v) is 35.6. The standard InChI is InChI=1S/C47H84N2O5/c1-5-7-9-11-13-15-17-19-21-23-25-27-29-31-33-35-40-53-46(51)42-44(48-45(50)38-37-39-49(3)4)43-47(52)54-41-36-34-32-30-28-26-24-22-20-18-16-14-12-10-8-6-2/h13-16,19-22,44H,5-12,17-18,23-43H2,1-4H3,(H,48,50)/b15-13-,16-14-,21-19-,22-20-. The highest BCUT2D eigenvalue weighted by Gasteiger charge is 2.21. The lowest BCUT2D eigenvalue weighted by atomic mass is 10.1. The van der Waals surface area contributed by atoms with Gasteiger partial charge < -0.3 is 19.7 Å². The number of hydrogen-bond donors (Lipinski definition) is 1. The summed E-state index contributed by atoms with van der Waals surface area (Å²) in [6.45, 7) is 6.01. The molecular weight excluding hydrogens is 673 g/mol. The van der Waals surface area contributed by atoms with E-state index in [2.05, 4.69) is 67.8 Å². The second-order valence-corrected chi connectivity index (χ2v) is 15.2. The third kappa shape index (κ3) is 40.5. The van der Waals surface area contributed by atoms with E-state index in [1.165, 1.54) is 89.9 Å². The maximum Gasteiger partial charge on any atom is 0.307 e. The molecule has 0 radical (unpaired) electrons. The normalized spacial score (nSPS) is 12.0.